The Morgan fingerprint density at radius 2 is 2.17 bits per heavy atom. The molecule has 1 fully saturated rings. The first-order valence-electron chi connectivity index (χ1n) is 8.69. The molecule has 29 heavy (non-hydrogen) atoms. The van der Waals surface area contributed by atoms with E-state index in [0.717, 1.165) is 5.56 Å². The molecule has 3 aromatic rings. The topological polar surface area (TPSA) is 94.5 Å². The summed E-state index contributed by atoms with van der Waals surface area (Å²) in [5.74, 6) is 0.776. The third kappa shape index (κ3) is 3.58. The van der Waals surface area contributed by atoms with Gasteiger partial charge in [0.15, 0.2) is 0 Å². The maximum Gasteiger partial charge on any atom is 0.252 e. The van der Waals surface area contributed by atoms with Crippen molar-refractivity contribution in [3.05, 3.63) is 64.0 Å². The summed E-state index contributed by atoms with van der Waals surface area (Å²) in [6.07, 6.45) is 0. The Bertz CT molecular complexity index is 1070. The number of methoxy groups -OCH3 is 1. The van der Waals surface area contributed by atoms with E-state index >= 15 is 0 Å². The summed E-state index contributed by atoms with van der Waals surface area (Å²) < 4.78 is 10.1. The number of rotatable bonds is 5. The van der Waals surface area contributed by atoms with E-state index in [4.69, 9.17) is 16.3 Å². The van der Waals surface area contributed by atoms with Gasteiger partial charge in [-0.25, -0.2) is 5.01 Å². The Balaban J connectivity index is 1.70. The van der Waals surface area contributed by atoms with Gasteiger partial charge in [0.2, 0.25) is 5.69 Å². The monoisotopic (exact) mass is 432 g/mol. The predicted molar refractivity (Wildman–Crippen MR) is 109 cm³/mol. The van der Waals surface area contributed by atoms with Gasteiger partial charge in [-0.2, -0.15) is 0 Å². The number of thioether (sulfide) groups is 1. The van der Waals surface area contributed by atoms with Gasteiger partial charge >= 0.3 is 0 Å². The molecule has 1 unspecified atom stereocenters. The van der Waals surface area contributed by atoms with Crippen molar-refractivity contribution < 1.29 is 19.1 Å². The van der Waals surface area contributed by atoms with Crippen LogP contribution in [0.25, 0.3) is 11.3 Å². The number of carbonyl (C=O) groups is 1. The van der Waals surface area contributed by atoms with Crippen LogP contribution in [-0.2, 0) is 4.79 Å². The fourth-order valence-electron chi connectivity index (χ4n) is 3.08. The van der Waals surface area contributed by atoms with Crippen LogP contribution in [0.2, 0.25) is 5.02 Å². The molecule has 1 N–H and O–H groups in total. The summed E-state index contributed by atoms with van der Waals surface area (Å²) in [6.45, 7) is 1.62. The molecule has 150 valence electrons. The first-order valence-corrected chi connectivity index (χ1v) is 10.1. The molecule has 0 spiro atoms. The van der Waals surface area contributed by atoms with E-state index in [9.17, 15) is 10.0 Å². The van der Waals surface area contributed by atoms with Crippen LogP contribution in [0.1, 0.15) is 16.6 Å². The Morgan fingerprint density at radius 3 is 2.86 bits per heavy atom. The lowest BCUT2D eigenvalue weighted by Crippen LogP contribution is -2.34. The molecular weight excluding hydrogens is 416 g/mol. The second-order valence-corrected chi connectivity index (χ2v) is 7.82. The average molecular weight is 433 g/mol. The van der Waals surface area contributed by atoms with Crippen molar-refractivity contribution in [3.8, 4) is 17.0 Å². The highest BCUT2D eigenvalue weighted by molar-refractivity contribution is 8.00. The lowest BCUT2D eigenvalue weighted by Gasteiger charge is -2.27. The van der Waals surface area contributed by atoms with Crippen LogP contribution >= 0.6 is 23.4 Å². The van der Waals surface area contributed by atoms with E-state index in [1.54, 1.807) is 38.3 Å². The first kappa shape index (κ1) is 19.4. The van der Waals surface area contributed by atoms with E-state index in [1.165, 1.54) is 16.8 Å². The molecule has 2 heterocycles. The molecule has 1 atom stereocenters. The van der Waals surface area contributed by atoms with E-state index in [1.807, 2.05) is 18.2 Å². The number of halogens is 1. The maximum absolute atomic E-state index is 12.6. The lowest BCUT2D eigenvalue weighted by atomic mass is 10.1. The summed E-state index contributed by atoms with van der Waals surface area (Å²) in [4.78, 5) is 12.9. The number of amides is 1. The highest BCUT2D eigenvalue weighted by Gasteiger charge is 2.35. The predicted octanol–water partition coefficient (Wildman–Crippen LogP) is 3.55. The zero-order valence-electron chi connectivity index (χ0n) is 15.6. The number of carbonyl (C=O) groups excluding carboxylic acids is 1. The van der Waals surface area contributed by atoms with Crippen LogP contribution in [0, 0.1) is 12.1 Å². The van der Waals surface area contributed by atoms with E-state index in [-0.39, 0.29) is 11.3 Å². The standard InChI is InChI=1S/C19H17ClN4O4S/c1-11-18(22-28-24(11)26)12-7-8-16(27-2)15(9-12)21-23-17(25)10-29-19(23)13-5-3-4-6-14(13)20/h3-9,19,21H,10H2,1-2H3. The molecule has 0 radical (unpaired) electrons. The second kappa shape index (κ2) is 7.84. The summed E-state index contributed by atoms with van der Waals surface area (Å²) >= 11 is 7.83. The van der Waals surface area contributed by atoms with Gasteiger partial charge in [0.25, 0.3) is 11.6 Å². The fourth-order valence-corrected chi connectivity index (χ4v) is 4.52. The summed E-state index contributed by atoms with van der Waals surface area (Å²) in [7, 11) is 1.54. The molecule has 1 aliphatic rings. The third-order valence-corrected chi connectivity index (χ3v) is 6.11. The van der Waals surface area contributed by atoms with Gasteiger partial charge in [0, 0.05) is 28.2 Å². The average Bonchev–Trinajstić information content (AvgIpc) is 3.25. The van der Waals surface area contributed by atoms with Crippen LogP contribution in [-0.4, -0.2) is 28.9 Å². The Labute approximate surface area is 175 Å². The van der Waals surface area contributed by atoms with Crippen LogP contribution in [0.5, 0.6) is 5.75 Å². The molecule has 10 heteroatoms. The molecule has 4 rings (SSSR count). The smallest absolute Gasteiger partial charge is 0.252 e. The lowest BCUT2D eigenvalue weighted by molar-refractivity contribution is -0.806. The van der Waals surface area contributed by atoms with Gasteiger partial charge in [-0.3, -0.25) is 14.8 Å². The molecule has 8 nitrogen and oxygen atoms in total. The van der Waals surface area contributed by atoms with Crippen LogP contribution in [0.15, 0.2) is 47.1 Å². The van der Waals surface area contributed by atoms with Gasteiger partial charge in [0.05, 0.1) is 18.6 Å². The summed E-state index contributed by atoms with van der Waals surface area (Å²) in [5.41, 5.74) is 5.95. The zero-order valence-corrected chi connectivity index (χ0v) is 17.2. The van der Waals surface area contributed by atoms with E-state index in [2.05, 4.69) is 15.2 Å². The number of hydrogen-bond donors (Lipinski definition) is 1. The van der Waals surface area contributed by atoms with Gasteiger partial charge in [-0.1, -0.05) is 29.8 Å². The number of hydrogen-bond acceptors (Lipinski definition) is 7. The number of nitrogens with zero attached hydrogens (tertiary/aromatic N) is 3. The van der Waals surface area contributed by atoms with Crippen molar-refractivity contribution in [2.24, 2.45) is 0 Å². The van der Waals surface area contributed by atoms with Crippen molar-refractivity contribution in [2.45, 2.75) is 12.3 Å². The van der Waals surface area contributed by atoms with E-state index < -0.39 is 0 Å². The van der Waals surface area contributed by atoms with Crippen molar-refractivity contribution in [2.75, 3.05) is 18.3 Å². The largest absolute Gasteiger partial charge is 0.495 e. The van der Waals surface area contributed by atoms with Gasteiger partial charge in [-0.15, -0.1) is 11.8 Å². The number of hydrazine groups is 1. The molecule has 0 saturated carbocycles. The van der Waals surface area contributed by atoms with E-state index in [0.29, 0.717) is 44.1 Å². The van der Waals surface area contributed by atoms with Gasteiger partial charge in [0.1, 0.15) is 11.1 Å². The normalized spacial score (nSPS) is 16.3. The number of ether oxygens (including phenoxy) is 1. The summed E-state index contributed by atoms with van der Waals surface area (Å²) in [5, 5.41) is 17.2. The molecule has 1 aromatic heterocycles. The maximum atomic E-state index is 12.6. The van der Waals surface area contributed by atoms with Crippen LogP contribution in [0.4, 0.5) is 5.69 Å². The minimum Gasteiger partial charge on any atom is -0.495 e. The highest BCUT2D eigenvalue weighted by Crippen LogP contribution is 2.42. The Morgan fingerprint density at radius 1 is 1.38 bits per heavy atom. The number of aromatic nitrogens is 2. The van der Waals surface area contributed by atoms with Crippen molar-refractivity contribution in [1.82, 2.24) is 10.2 Å². The molecule has 0 aliphatic carbocycles. The fraction of sp³-hybridized carbons (Fsp3) is 0.211. The van der Waals surface area contributed by atoms with Gasteiger partial charge < -0.3 is 9.94 Å². The number of anilines is 1. The number of nitrogens with one attached hydrogen (secondary N) is 1. The van der Waals surface area contributed by atoms with Crippen molar-refractivity contribution in [1.29, 1.82) is 0 Å². The summed E-state index contributed by atoms with van der Waals surface area (Å²) in [6, 6.07) is 12.7. The minimum atomic E-state index is -0.290. The van der Waals surface area contributed by atoms with Gasteiger partial charge in [-0.05, 0) is 29.2 Å². The molecule has 1 amide bonds. The Hall–Kier alpha value is -2.91. The molecular formula is C19H17ClN4O4S. The van der Waals surface area contributed by atoms with Crippen LogP contribution < -0.4 is 15.1 Å². The molecule has 1 aliphatic heterocycles. The van der Waals surface area contributed by atoms with Crippen molar-refractivity contribution >= 4 is 35.0 Å². The SMILES string of the molecule is COc1ccc(-c2no[n+]([O-])c2C)cc1NN1C(=O)CSC1c1ccccc1Cl. The highest BCUT2D eigenvalue weighted by atomic mass is 35.5. The zero-order chi connectivity index (χ0) is 20.5. The first-order chi connectivity index (χ1) is 14.0. The van der Waals surface area contributed by atoms with Crippen LogP contribution in [0.3, 0.4) is 0 Å². The molecule has 1 saturated heterocycles. The molecule has 2 aromatic carbocycles. The minimum absolute atomic E-state index is 0.0811. The number of benzene rings is 2. The van der Waals surface area contributed by atoms with Crippen molar-refractivity contribution in [3.63, 3.8) is 0 Å². The Kier molecular flexibility index (Phi) is 5.25. The molecule has 0 bridgehead atoms. The third-order valence-electron chi connectivity index (χ3n) is 4.58. The second-order valence-electron chi connectivity index (χ2n) is 6.34. The quantitative estimate of drug-likeness (QED) is 0.616.